The highest BCUT2D eigenvalue weighted by Gasteiger charge is 2.20. The van der Waals surface area contributed by atoms with Gasteiger partial charge < -0.3 is 5.32 Å². The van der Waals surface area contributed by atoms with Crippen molar-refractivity contribution in [1.82, 2.24) is 14.9 Å². The molecule has 0 aliphatic heterocycles. The van der Waals surface area contributed by atoms with Crippen molar-refractivity contribution in [3.05, 3.63) is 50.0 Å². The van der Waals surface area contributed by atoms with Gasteiger partial charge in [0.25, 0.3) is 5.56 Å². The number of hydrogen-bond donors (Lipinski definition) is 1. The average Bonchev–Trinajstić information content (AvgIpc) is 3.16. The number of nitrogens with one attached hydrogen (secondary N) is 1. The normalized spacial score (nSPS) is 12.7. The predicted octanol–water partition coefficient (Wildman–Crippen LogP) is 3.34. The Labute approximate surface area is 148 Å². The van der Waals surface area contributed by atoms with Crippen LogP contribution < -0.4 is 10.9 Å². The summed E-state index contributed by atoms with van der Waals surface area (Å²) in [4.78, 5) is 32.1. The highest BCUT2D eigenvalue weighted by molar-refractivity contribution is 7.18. The number of thiophene rings is 2. The molecule has 0 bridgehead atoms. The van der Waals surface area contributed by atoms with Gasteiger partial charge in [0.15, 0.2) is 0 Å². The molecule has 0 saturated carbocycles. The van der Waals surface area contributed by atoms with E-state index in [0.29, 0.717) is 10.2 Å². The fourth-order valence-corrected chi connectivity index (χ4v) is 4.39. The Balaban J connectivity index is 1.79. The first kappa shape index (κ1) is 16.9. The number of amides is 1. The molecule has 0 radical (unpaired) electrons. The minimum absolute atomic E-state index is 0.0226. The standard InChI is InChI=1S/C17H19N3O2S2/c1-10(2)15(13-5-4-6-23-13)19-14(21)8-20-9-18-16-12(17(20)22)7-11(3)24-16/h4-7,9-10,15H,8H2,1-3H3,(H,19,21). The van der Waals surface area contributed by atoms with E-state index in [4.69, 9.17) is 0 Å². The summed E-state index contributed by atoms with van der Waals surface area (Å²) in [6.45, 7) is 6.06. The molecule has 1 N–H and O–H groups in total. The molecule has 3 heterocycles. The van der Waals surface area contributed by atoms with Crippen molar-refractivity contribution in [2.45, 2.75) is 33.4 Å². The monoisotopic (exact) mass is 361 g/mol. The second kappa shape index (κ2) is 6.86. The number of rotatable bonds is 5. The summed E-state index contributed by atoms with van der Waals surface area (Å²) in [5.74, 6) is 0.0850. The molecule has 0 aliphatic carbocycles. The summed E-state index contributed by atoms with van der Waals surface area (Å²) in [6, 6.07) is 5.77. The Hall–Kier alpha value is -1.99. The van der Waals surface area contributed by atoms with E-state index in [2.05, 4.69) is 24.1 Å². The van der Waals surface area contributed by atoms with Crippen LogP contribution in [0.4, 0.5) is 0 Å². The lowest BCUT2D eigenvalue weighted by atomic mass is 10.0. The smallest absolute Gasteiger partial charge is 0.262 e. The Morgan fingerprint density at radius 3 is 2.88 bits per heavy atom. The zero-order valence-electron chi connectivity index (χ0n) is 13.8. The number of carbonyl (C=O) groups is 1. The Morgan fingerprint density at radius 1 is 1.42 bits per heavy atom. The topological polar surface area (TPSA) is 64.0 Å². The van der Waals surface area contributed by atoms with Crippen molar-refractivity contribution >= 4 is 38.8 Å². The largest absolute Gasteiger partial charge is 0.347 e. The second-order valence-electron chi connectivity index (χ2n) is 6.06. The zero-order chi connectivity index (χ0) is 17.3. The lowest BCUT2D eigenvalue weighted by molar-refractivity contribution is -0.122. The van der Waals surface area contributed by atoms with Crippen LogP contribution in [-0.2, 0) is 11.3 Å². The molecular weight excluding hydrogens is 342 g/mol. The van der Waals surface area contributed by atoms with Crippen LogP contribution in [0.15, 0.2) is 34.7 Å². The lowest BCUT2D eigenvalue weighted by Gasteiger charge is -2.21. The fraction of sp³-hybridized carbons (Fsp3) is 0.353. The first-order chi connectivity index (χ1) is 11.5. The van der Waals surface area contributed by atoms with Gasteiger partial charge in [-0.15, -0.1) is 22.7 Å². The summed E-state index contributed by atoms with van der Waals surface area (Å²) < 4.78 is 1.37. The highest BCUT2D eigenvalue weighted by atomic mass is 32.1. The van der Waals surface area contributed by atoms with E-state index in [1.807, 2.05) is 30.5 Å². The van der Waals surface area contributed by atoms with Crippen LogP contribution in [0.25, 0.3) is 10.2 Å². The average molecular weight is 361 g/mol. The van der Waals surface area contributed by atoms with Gasteiger partial charge in [0, 0.05) is 9.75 Å². The maximum Gasteiger partial charge on any atom is 0.262 e. The molecule has 0 aliphatic rings. The molecule has 3 aromatic rings. The Kier molecular flexibility index (Phi) is 4.82. The molecule has 0 saturated heterocycles. The number of fused-ring (bicyclic) bond motifs is 1. The van der Waals surface area contributed by atoms with Gasteiger partial charge in [-0.1, -0.05) is 19.9 Å². The quantitative estimate of drug-likeness (QED) is 0.758. The van der Waals surface area contributed by atoms with Crippen molar-refractivity contribution in [1.29, 1.82) is 0 Å². The molecule has 7 heteroatoms. The van der Waals surface area contributed by atoms with Gasteiger partial charge in [-0.25, -0.2) is 4.98 Å². The Morgan fingerprint density at radius 2 is 2.21 bits per heavy atom. The van der Waals surface area contributed by atoms with Crippen LogP contribution in [0.3, 0.4) is 0 Å². The van der Waals surface area contributed by atoms with E-state index in [0.717, 1.165) is 9.75 Å². The van der Waals surface area contributed by atoms with E-state index in [1.165, 1.54) is 22.2 Å². The maximum absolute atomic E-state index is 12.5. The van der Waals surface area contributed by atoms with Gasteiger partial charge in [-0.05, 0) is 30.4 Å². The van der Waals surface area contributed by atoms with Gasteiger partial charge >= 0.3 is 0 Å². The Bertz CT molecular complexity index is 910. The third-order valence-electron chi connectivity index (χ3n) is 3.79. The van der Waals surface area contributed by atoms with E-state index >= 15 is 0 Å². The first-order valence-corrected chi connectivity index (χ1v) is 9.43. The summed E-state index contributed by atoms with van der Waals surface area (Å²) in [5, 5.41) is 5.61. The van der Waals surface area contributed by atoms with Gasteiger partial charge in [-0.2, -0.15) is 0 Å². The van der Waals surface area contributed by atoms with Crippen molar-refractivity contribution in [2.75, 3.05) is 0 Å². The van der Waals surface area contributed by atoms with Gasteiger partial charge in [0.05, 0.1) is 17.8 Å². The third kappa shape index (κ3) is 3.42. The second-order valence-corrected chi connectivity index (χ2v) is 8.27. The molecule has 3 aromatic heterocycles. The van der Waals surface area contributed by atoms with Crippen LogP contribution in [0.5, 0.6) is 0 Å². The molecule has 0 fully saturated rings. The van der Waals surface area contributed by atoms with Crippen LogP contribution >= 0.6 is 22.7 Å². The van der Waals surface area contributed by atoms with Crippen molar-refractivity contribution in [3.63, 3.8) is 0 Å². The number of aryl methyl sites for hydroxylation is 1. The molecule has 3 rings (SSSR count). The first-order valence-electron chi connectivity index (χ1n) is 7.74. The van der Waals surface area contributed by atoms with Crippen molar-refractivity contribution < 1.29 is 4.79 Å². The third-order valence-corrected chi connectivity index (χ3v) is 5.70. The van der Waals surface area contributed by atoms with Crippen molar-refractivity contribution in [3.8, 4) is 0 Å². The summed E-state index contributed by atoms with van der Waals surface area (Å²) in [7, 11) is 0. The minimum atomic E-state index is -0.183. The van der Waals surface area contributed by atoms with E-state index in [-0.39, 0.29) is 30.0 Å². The zero-order valence-corrected chi connectivity index (χ0v) is 15.4. The molecule has 1 unspecified atom stereocenters. The van der Waals surface area contributed by atoms with Gasteiger partial charge in [0.2, 0.25) is 5.91 Å². The molecule has 24 heavy (non-hydrogen) atoms. The number of hydrogen-bond acceptors (Lipinski definition) is 5. The molecular formula is C17H19N3O2S2. The molecule has 0 spiro atoms. The molecule has 126 valence electrons. The molecule has 5 nitrogen and oxygen atoms in total. The number of nitrogens with zero attached hydrogens (tertiary/aromatic N) is 2. The lowest BCUT2D eigenvalue weighted by Crippen LogP contribution is -2.36. The predicted molar refractivity (Wildman–Crippen MR) is 98.7 cm³/mol. The van der Waals surface area contributed by atoms with Crippen LogP contribution in [-0.4, -0.2) is 15.5 Å². The summed E-state index contributed by atoms with van der Waals surface area (Å²) >= 11 is 3.10. The summed E-state index contributed by atoms with van der Waals surface area (Å²) in [6.07, 6.45) is 1.45. The SMILES string of the molecule is Cc1cc2c(=O)n(CC(=O)NC(c3cccs3)C(C)C)cnc2s1. The molecule has 1 amide bonds. The number of carbonyl (C=O) groups excluding carboxylic acids is 1. The van der Waals surface area contributed by atoms with E-state index < -0.39 is 0 Å². The molecule has 1 atom stereocenters. The van der Waals surface area contributed by atoms with Crippen LogP contribution in [0.1, 0.15) is 29.6 Å². The van der Waals surface area contributed by atoms with E-state index in [9.17, 15) is 9.59 Å². The maximum atomic E-state index is 12.5. The van der Waals surface area contributed by atoms with E-state index in [1.54, 1.807) is 11.3 Å². The van der Waals surface area contributed by atoms with Gasteiger partial charge in [-0.3, -0.25) is 14.2 Å². The fourth-order valence-electron chi connectivity index (χ4n) is 2.60. The van der Waals surface area contributed by atoms with Crippen LogP contribution in [0.2, 0.25) is 0 Å². The minimum Gasteiger partial charge on any atom is -0.347 e. The van der Waals surface area contributed by atoms with Gasteiger partial charge in [0.1, 0.15) is 11.4 Å². The molecule has 0 aromatic carbocycles. The number of aromatic nitrogens is 2. The van der Waals surface area contributed by atoms with Crippen LogP contribution in [0, 0.1) is 12.8 Å². The summed E-state index contributed by atoms with van der Waals surface area (Å²) in [5.41, 5.74) is -0.170. The highest BCUT2D eigenvalue weighted by Crippen LogP contribution is 2.25. The van der Waals surface area contributed by atoms with Crippen molar-refractivity contribution in [2.24, 2.45) is 5.92 Å².